The van der Waals surface area contributed by atoms with Gasteiger partial charge in [-0.25, -0.2) is 8.42 Å². The normalized spacial score (nSPS) is 11.6. The van der Waals surface area contributed by atoms with Crippen LogP contribution in [0.15, 0.2) is 58.3 Å². The molecule has 8 heteroatoms. The van der Waals surface area contributed by atoms with E-state index in [0.717, 1.165) is 30.6 Å². The number of nitrogens with zero attached hydrogens (tertiary/aromatic N) is 1. The monoisotopic (exact) mass is 482 g/mol. The lowest BCUT2D eigenvalue weighted by molar-refractivity contribution is -0.115. The van der Waals surface area contributed by atoms with Gasteiger partial charge in [0.2, 0.25) is 15.9 Å². The summed E-state index contributed by atoms with van der Waals surface area (Å²) in [5.41, 5.74) is 0.592. The molecule has 0 aliphatic heterocycles. The minimum Gasteiger partial charge on any atom is -0.326 e. The van der Waals surface area contributed by atoms with Crippen LogP contribution in [0.25, 0.3) is 0 Å². The van der Waals surface area contributed by atoms with E-state index < -0.39 is 10.0 Å². The van der Waals surface area contributed by atoms with Crippen LogP contribution in [-0.4, -0.2) is 37.5 Å². The molecule has 0 bridgehead atoms. The topological polar surface area (TPSA) is 66.5 Å². The standard InChI is InChI=1S/C23H31ClN2O3S2/c1-3-5-16-26(17-6-4-2)31(28,29)22-13-9-20(10-14-22)25-23(27)15-18-30-21-11-7-19(24)8-12-21/h7-14H,3-6,15-18H2,1-2H3,(H,25,27). The van der Waals surface area contributed by atoms with Crippen molar-refractivity contribution in [2.24, 2.45) is 0 Å². The first-order valence-electron chi connectivity index (χ1n) is 10.6. The first-order valence-corrected chi connectivity index (χ1v) is 13.5. The van der Waals surface area contributed by atoms with Crippen molar-refractivity contribution >= 4 is 45.0 Å². The Morgan fingerprint density at radius 1 is 0.968 bits per heavy atom. The molecular formula is C23H31ClN2O3S2. The van der Waals surface area contributed by atoms with Crippen molar-refractivity contribution in [3.63, 3.8) is 0 Å². The molecule has 0 saturated carbocycles. The molecule has 2 aromatic carbocycles. The Labute approximate surface area is 195 Å². The number of sulfonamides is 1. The fourth-order valence-electron chi connectivity index (χ4n) is 2.90. The second-order valence-electron chi connectivity index (χ2n) is 7.24. The number of anilines is 1. The molecule has 5 nitrogen and oxygen atoms in total. The van der Waals surface area contributed by atoms with Crippen LogP contribution in [-0.2, 0) is 14.8 Å². The van der Waals surface area contributed by atoms with Crippen LogP contribution in [0.2, 0.25) is 5.02 Å². The smallest absolute Gasteiger partial charge is 0.243 e. The largest absolute Gasteiger partial charge is 0.326 e. The van der Waals surface area contributed by atoms with Gasteiger partial charge in [-0.3, -0.25) is 4.79 Å². The average Bonchev–Trinajstić information content (AvgIpc) is 2.75. The van der Waals surface area contributed by atoms with Crippen molar-refractivity contribution in [1.82, 2.24) is 4.31 Å². The summed E-state index contributed by atoms with van der Waals surface area (Å²) in [4.78, 5) is 13.5. The van der Waals surface area contributed by atoms with E-state index in [1.54, 1.807) is 40.3 Å². The second-order valence-corrected chi connectivity index (χ2v) is 10.8. The van der Waals surface area contributed by atoms with Crippen molar-refractivity contribution < 1.29 is 13.2 Å². The molecular weight excluding hydrogens is 452 g/mol. The third-order valence-corrected chi connectivity index (χ3v) is 7.89. The molecule has 2 aromatic rings. The molecule has 0 saturated heterocycles. The van der Waals surface area contributed by atoms with Crippen LogP contribution >= 0.6 is 23.4 Å². The van der Waals surface area contributed by atoms with Crippen molar-refractivity contribution in [2.75, 3.05) is 24.2 Å². The molecule has 0 atom stereocenters. The Kier molecular flexibility index (Phi) is 10.9. The van der Waals surface area contributed by atoms with Gasteiger partial charge in [0.05, 0.1) is 4.90 Å². The highest BCUT2D eigenvalue weighted by atomic mass is 35.5. The van der Waals surface area contributed by atoms with Crippen LogP contribution in [0.3, 0.4) is 0 Å². The van der Waals surface area contributed by atoms with E-state index in [-0.39, 0.29) is 10.8 Å². The van der Waals surface area contributed by atoms with Crippen LogP contribution in [0.1, 0.15) is 46.0 Å². The van der Waals surface area contributed by atoms with Crippen LogP contribution in [0.4, 0.5) is 5.69 Å². The van der Waals surface area contributed by atoms with Crippen molar-refractivity contribution in [1.29, 1.82) is 0 Å². The van der Waals surface area contributed by atoms with Gasteiger partial charge in [0, 0.05) is 40.9 Å². The Morgan fingerprint density at radius 2 is 1.55 bits per heavy atom. The molecule has 0 spiro atoms. The predicted molar refractivity (Wildman–Crippen MR) is 130 cm³/mol. The first-order chi connectivity index (χ1) is 14.9. The van der Waals surface area contributed by atoms with Gasteiger partial charge in [-0.15, -0.1) is 11.8 Å². The third-order valence-electron chi connectivity index (χ3n) is 4.71. The van der Waals surface area contributed by atoms with Crippen LogP contribution < -0.4 is 5.32 Å². The molecule has 0 unspecified atom stereocenters. The highest BCUT2D eigenvalue weighted by Gasteiger charge is 2.23. The van der Waals surface area contributed by atoms with E-state index in [1.807, 2.05) is 24.3 Å². The van der Waals surface area contributed by atoms with Crippen molar-refractivity contribution in [3.05, 3.63) is 53.6 Å². The van der Waals surface area contributed by atoms with Gasteiger partial charge in [0.15, 0.2) is 0 Å². The Hall–Kier alpha value is -1.54. The molecule has 2 rings (SSSR count). The number of thioether (sulfide) groups is 1. The number of hydrogen-bond donors (Lipinski definition) is 1. The molecule has 0 radical (unpaired) electrons. The number of nitrogens with one attached hydrogen (secondary N) is 1. The average molecular weight is 483 g/mol. The molecule has 0 aliphatic carbocycles. The SMILES string of the molecule is CCCCN(CCCC)S(=O)(=O)c1ccc(NC(=O)CCSc2ccc(Cl)cc2)cc1. The van der Waals surface area contributed by atoms with Gasteiger partial charge < -0.3 is 5.32 Å². The molecule has 1 N–H and O–H groups in total. The van der Waals surface area contributed by atoms with E-state index in [0.29, 0.717) is 36.0 Å². The maximum atomic E-state index is 13.0. The number of amides is 1. The van der Waals surface area contributed by atoms with Crippen molar-refractivity contribution in [2.45, 2.75) is 55.7 Å². The molecule has 0 aliphatic rings. The maximum absolute atomic E-state index is 13.0. The number of benzene rings is 2. The summed E-state index contributed by atoms with van der Waals surface area (Å²) in [6.45, 7) is 5.16. The summed E-state index contributed by atoms with van der Waals surface area (Å²) in [6.07, 6.45) is 3.92. The first kappa shape index (κ1) is 25.7. The number of hydrogen-bond acceptors (Lipinski definition) is 4. The summed E-state index contributed by atoms with van der Waals surface area (Å²) < 4.78 is 27.6. The maximum Gasteiger partial charge on any atom is 0.243 e. The third kappa shape index (κ3) is 8.48. The fraction of sp³-hybridized carbons (Fsp3) is 0.435. The van der Waals surface area contributed by atoms with Crippen LogP contribution in [0, 0.1) is 0 Å². The van der Waals surface area contributed by atoms with E-state index in [9.17, 15) is 13.2 Å². The highest BCUT2D eigenvalue weighted by molar-refractivity contribution is 7.99. The zero-order valence-corrected chi connectivity index (χ0v) is 20.5. The van der Waals surface area contributed by atoms with E-state index in [4.69, 9.17) is 11.6 Å². The molecule has 1 amide bonds. The Balaban J connectivity index is 1.91. The summed E-state index contributed by atoms with van der Waals surface area (Å²) in [5.74, 6) is 0.536. The minimum absolute atomic E-state index is 0.107. The van der Waals surface area contributed by atoms with Gasteiger partial charge >= 0.3 is 0 Å². The lowest BCUT2D eigenvalue weighted by Crippen LogP contribution is -2.33. The second kappa shape index (κ2) is 13.1. The Bertz CT molecular complexity index is 909. The zero-order chi connectivity index (χ0) is 22.7. The van der Waals surface area contributed by atoms with Gasteiger partial charge in [0.25, 0.3) is 0 Å². The lowest BCUT2D eigenvalue weighted by Gasteiger charge is -2.22. The number of rotatable bonds is 13. The van der Waals surface area contributed by atoms with Crippen molar-refractivity contribution in [3.8, 4) is 0 Å². The summed E-state index contributed by atoms with van der Waals surface area (Å²) in [7, 11) is -3.53. The lowest BCUT2D eigenvalue weighted by atomic mass is 10.3. The number of halogens is 1. The quantitative estimate of drug-likeness (QED) is 0.353. The minimum atomic E-state index is -3.53. The Morgan fingerprint density at radius 3 is 2.10 bits per heavy atom. The van der Waals surface area contributed by atoms with E-state index >= 15 is 0 Å². The summed E-state index contributed by atoms with van der Waals surface area (Å²) in [6, 6.07) is 13.9. The molecule has 0 fully saturated rings. The fourth-order valence-corrected chi connectivity index (χ4v) is 5.39. The zero-order valence-electron chi connectivity index (χ0n) is 18.1. The van der Waals surface area contributed by atoms with Gasteiger partial charge in [0.1, 0.15) is 0 Å². The number of carbonyl (C=O) groups excluding carboxylic acids is 1. The molecule has 170 valence electrons. The molecule has 31 heavy (non-hydrogen) atoms. The van der Waals surface area contributed by atoms with E-state index in [1.165, 1.54) is 0 Å². The number of unbranched alkanes of at least 4 members (excludes halogenated alkanes) is 2. The van der Waals surface area contributed by atoms with Gasteiger partial charge in [-0.2, -0.15) is 4.31 Å². The number of carbonyl (C=O) groups is 1. The van der Waals surface area contributed by atoms with Gasteiger partial charge in [-0.05, 0) is 61.4 Å². The van der Waals surface area contributed by atoms with Gasteiger partial charge in [-0.1, -0.05) is 38.3 Å². The van der Waals surface area contributed by atoms with Crippen LogP contribution in [0.5, 0.6) is 0 Å². The molecule has 0 heterocycles. The predicted octanol–water partition coefficient (Wildman–Crippen LogP) is 6.05. The summed E-state index contributed by atoms with van der Waals surface area (Å²) in [5, 5.41) is 3.52. The highest BCUT2D eigenvalue weighted by Crippen LogP contribution is 2.22. The van der Waals surface area contributed by atoms with E-state index in [2.05, 4.69) is 19.2 Å². The molecule has 0 aromatic heterocycles. The summed E-state index contributed by atoms with van der Waals surface area (Å²) >= 11 is 7.46.